The highest BCUT2D eigenvalue weighted by Gasteiger charge is 2.43. The first-order chi connectivity index (χ1) is 8.57. The molecule has 1 fully saturated rings. The van der Waals surface area contributed by atoms with Crippen LogP contribution in [0.25, 0.3) is 0 Å². The van der Waals surface area contributed by atoms with Crippen molar-refractivity contribution >= 4 is 11.6 Å². The summed E-state index contributed by atoms with van der Waals surface area (Å²) in [5, 5.41) is 5.61. The fourth-order valence-corrected chi connectivity index (χ4v) is 2.64. The minimum atomic E-state index is -2.83. The second kappa shape index (κ2) is 4.02. The predicted octanol–water partition coefficient (Wildman–Crippen LogP) is 1.88. The van der Waals surface area contributed by atoms with E-state index in [0.29, 0.717) is 30.8 Å². The molecule has 2 aliphatic rings. The lowest BCUT2D eigenvalue weighted by Gasteiger charge is -2.23. The van der Waals surface area contributed by atoms with Crippen molar-refractivity contribution in [1.82, 2.24) is 5.32 Å². The maximum absolute atomic E-state index is 14.3. The van der Waals surface area contributed by atoms with E-state index in [9.17, 15) is 13.6 Å². The zero-order valence-electron chi connectivity index (χ0n) is 9.80. The minimum Gasteiger partial charge on any atom is -0.326 e. The number of halogens is 2. The van der Waals surface area contributed by atoms with Gasteiger partial charge in [0.05, 0.1) is 6.42 Å². The molecule has 0 spiro atoms. The monoisotopic (exact) mass is 252 g/mol. The van der Waals surface area contributed by atoms with E-state index in [2.05, 4.69) is 10.6 Å². The van der Waals surface area contributed by atoms with Crippen LogP contribution in [0.5, 0.6) is 0 Å². The lowest BCUT2D eigenvalue weighted by molar-refractivity contribution is -0.115. The van der Waals surface area contributed by atoms with Crippen LogP contribution in [0.4, 0.5) is 14.5 Å². The standard InChI is InChI=1S/C13H14F2N2O/c14-13(15,10-3-4-16-7-10)9-1-2-11-8(5-9)6-12(18)17-11/h1-2,5,10,16H,3-4,6-7H2,(H,17,18). The molecule has 1 atom stereocenters. The van der Waals surface area contributed by atoms with Gasteiger partial charge in [-0.1, -0.05) is 6.07 Å². The van der Waals surface area contributed by atoms with Gasteiger partial charge in [-0.3, -0.25) is 4.79 Å². The zero-order valence-corrected chi connectivity index (χ0v) is 9.80. The molecule has 0 saturated carbocycles. The Balaban J connectivity index is 1.92. The smallest absolute Gasteiger partial charge is 0.277 e. The number of carbonyl (C=O) groups excluding carboxylic acids is 1. The van der Waals surface area contributed by atoms with Gasteiger partial charge in [-0.2, -0.15) is 0 Å². The number of alkyl halides is 2. The molecule has 0 aliphatic carbocycles. The van der Waals surface area contributed by atoms with Gasteiger partial charge in [-0.25, -0.2) is 8.78 Å². The zero-order chi connectivity index (χ0) is 12.8. The molecule has 0 aromatic heterocycles. The summed E-state index contributed by atoms with van der Waals surface area (Å²) in [6, 6.07) is 4.46. The third kappa shape index (κ3) is 1.79. The molecular formula is C13H14F2N2O. The van der Waals surface area contributed by atoms with Gasteiger partial charge >= 0.3 is 0 Å². The Labute approximate surface area is 104 Å². The van der Waals surface area contributed by atoms with Crippen LogP contribution in [0.3, 0.4) is 0 Å². The summed E-state index contributed by atoms with van der Waals surface area (Å²) in [6.07, 6.45) is 0.684. The topological polar surface area (TPSA) is 41.1 Å². The largest absolute Gasteiger partial charge is 0.326 e. The first kappa shape index (κ1) is 11.6. The highest BCUT2D eigenvalue weighted by Crippen LogP contribution is 2.40. The molecule has 96 valence electrons. The fourth-order valence-electron chi connectivity index (χ4n) is 2.64. The van der Waals surface area contributed by atoms with Gasteiger partial charge in [-0.05, 0) is 30.7 Å². The molecule has 2 aliphatic heterocycles. The van der Waals surface area contributed by atoms with Gasteiger partial charge in [0.2, 0.25) is 5.91 Å². The van der Waals surface area contributed by atoms with Gasteiger partial charge in [0.15, 0.2) is 0 Å². The van der Waals surface area contributed by atoms with Crippen LogP contribution >= 0.6 is 0 Å². The van der Waals surface area contributed by atoms with Gasteiger partial charge in [-0.15, -0.1) is 0 Å². The first-order valence-electron chi connectivity index (χ1n) is 6.09. The van der Waals surface area contributed by atoms with Crippen LogP contribution in [0.1, 0.15) is 17.5 Å². The SMILES string of the molecule is O=C1Cc2cc(C(F)(F)C3CCNC3)ccc2N1. The van der Waals surface area contributed by atoms with Crippen molar-refractivity contribution in [3.05, 3.63) is 29.3 Å². The molecule has 1 amide bonds. The molecule has 1 unspecified atom stereocenters. The summed E-state index contributed by atoms with van der Waals surface area (Å²) >= 11 is 0. The molecule has 3 nitrogen and oxygen atoms in total. The van der Waals surface area contributed by atoms with Crippen molar-refractivity contribution < 1.29 is 13.6 Å². The van der Waals surface area contributed by atoms with E-state index in [0.717, 1.165) is 0 Å². The number of rotatable bonds is 2. The summed E-state index contributed by atoms with van der Waals surface area (Å²) in [4.78, 5) is 11.2. The van der Waals surface area contributed by atoms with E-state index in [-0.39, 0.29) is 17.9 Å². The maximum atomic E-state index is 14.3. The Bertz CT molecular complexity index is 496. The van der Waals surface area contributed by atoms with Gasteiger partial charge in [0, 0.05) is 23.7 Å². The van der Waals surface area contributed by atoms with E-state index in [1.165, 1.54) is 12.1 Å². The van der Waals surface area contributed by atoms with E-state index in [1.54, 1.807) is 6.07 Å². The average Bonchev–Trinajstić information content (AvgIpc) is 2.95. The summed E-state index contributed by atoms with van der Waals surface area (Å²) in [5.74, 6) is -3.61. The van der Waals surface area contributed by atoms with Crippen molar-refractivity contribution in [2.45, 2.75) is 18.8 Å². The molecule has 1 saturated heterocycles. The molecule has 1 aromatic carbocycles. The number of amides is 1. The normalized spacial score (nSPS) is 23.0. The van der Waals surface area contributed by atoms with Crippen LogP contribution in [0, 0.1) is 5.92 Å². The quantitative estimate of drug-likeness (QED) is 0.843. The number of benzene rings is 1. The van der Waals surface area contributed by atoms with Gasteiger partial charge in [0.25, 0.3) is 5.92 Å². The second-order valence-electron chi connectivity index (χ2n) is 4.91. The van der Waals surface area contributed by atoms with Gasteiger partial charge in [0.1, 0.15) is 0 Å². The third-order valence-electron chi connectivity index (χ3n) is 3.69. The van der Waals surface area contributed by atoms with Crippen LogP contribution in [-0.2, 0) is 17.1 Å². The average molecular weight is 252 g/mol. The maximum Gasteiger partial charge on any atom is 0.277 e. The number of anilines is 1. The van der Waals surface area contributed by atoms with Crippen molar-refractivity contribution in [1.29, 1.82) is 0 Å². The Morgan fingerprint density at radius 1 is 1.33 bits per heavy atom. The van der Waals surface area contributed by atoms with Crippen molar-refractivity contribution in [2.75, 3.05) is 18.4 Å². The highest BCUT2D eigenvalue weighted by molar-refractivity contribution is 5.99. The van der Waals surface area contributed by atoms with Crippen molar-refractivity contribution in [3.63, 3.8) is 0 Å². The molecule has 0 bridgehead atoms. The first-order valence-corrected chi connectivity index (χ1v) is 6.09. The van der Waals surface area contributed by atoms with Crippen LogP contribution < -0.4 is 10.6 Å². The van der Waals surface area contributed by atoms with Crippen molar-refractivity contribution in [2.24, 2.45) is 5.92 Å². The molecule has 18 heavy (non-hydrogen) atoms. The Hall–Kier alpha value is -1.49. The molecule has 2 heterocycles. The molecular weight excluding hydrogens is 238 g/mol. The number of nitrogens with one attached hydrogen (secondary N) is 2. The van der Waals surface area contributed by atoms with Crippen LogP contribution in [0.2, 0.25) is 0 Å². The number of hydrogen-bond donors (Lipinski definition) is 2. The minimum absolute atomic E-state index is 0.0199. The summed E-state index contributed by atoms with van der Waals surface area (Å²) in [5.41, 5.74) is 1.35. The van der Waals surface area contributed by atoms with E-state index >= 15 is 0 Å². The highest BCUT2D eigenvalue weighted by atomic mass is 19.3. The van der Waals surface area contributed by atoms with Crippen LogP contribution in [-0.4, -0.2) is 19.0 Å². The summed E-state index contributed by atoms with van der Waals surface area (Å²) in [7, 11) is 0. The van der Waals surface area contributed by atoms with E-state index in [4.69, 9.17) is 0 Å². The second-order valence-corrected chi connectivity index (χ2v) is 4.91. The van der Waals surface area contributed by atoms with Crippen LogP contribution in [0.15, 0.2) is 18.2 Å². The number of fused-ring (bicyclic) bond motifs is 1. The molecule has 3 rings (SSSR count). The lowest BCUT2D eigenvalue weighted by Crippen LogP contribution is -2.27. The van der Waals surface area contributed by atoms with Crippen molar-refractivity contribution in [3.8, 4) is 0 Å². The molecule has 0 radical (unpaired) electrons. The third-order valence-corrected chi connectivity index (χ3v) is 3.69. The molecule has 2 N–H and O–H groups in total. The molecule has 1 aromatic rings. The van der Waals surface area contributed by atoms with E-state index < -0.39 is 11.8 Å². The van der Waals surface area contributed by atoms with Gasteiger partial charge < -0.3 is 10.6 Å². The summed E-state index contributed by atoms with van der Waals surface area (Å²) < 4.78 is 28.6. The number of hydrogen-bond acceptors (Lipinski definition) is 2. The Morgan fingerprint density at radius 3 is 2.89 bits per heavy atom. The Morgan fingerprint density at radius 2 is 2.17 bits per heavy atom. The number of carbonyl (C=O) groups is 1. The summed E-state index contributed by atoms with van der Waals surface area (Å²) in [6.45, 7) is 0.993. The Kier molecular flexibility index (Phi) is 2.59. The van der Waals surface area contributed by atoms with E-state index in [1.807, 2.05) is 0 Å². The predicted molar refractivity (Wildman–Crippen MR) is 63.6 cm³/mol. The fraction of sp³-hybridized carbons (Fsp3) is 0.462. The molecule has 5 heteroatoms. The lowest BCUT2D eigenvalue weighted by atomic mass is 9.92.